The van der Waals surface area contributed by atoms with Crippen LogP contribution < -0.4 is 5.32 Å². The summed E-state index contributed by atoms with van der Waals surface area (Å²) >= 11 is 0. The van der Waals surface area contributed by atoms with E-state index in [4.69, 9.17) is 0 Å². The first-order valence-electron chi connectivity index (χ1n) is 6.42. The molecule has 1 atom stereocenters. The summed E-state index contributed by atoms with van der Waals surface area (Å²) < 4.78 is 0. The van der Waals surface area contributed by atoms with Crippen molar-refractivity contribution in [2.24, 2.45) is 5.92 Å². The van der Waals surface area contributed by atoms with Crippen molar-refractivity contribution in [3.05, 3.63) is 0 Å². The van der Waals surface area contributed by atoms with Crippen molar-refractivity contribution in [1.82, 2.24) is 10.2 Å². The molecule has 0 radical (unpaired) electrons. The molecule has 1 saturated heterocycles. The molecule has 96 valence electrons. The summed E-state index contributed by atoms with van der Waals surface area (Å²) in [5.41, 5.74) is 0. The van der Waals surface area contributed by atoms with Gasteiger partial charge in [-0.3, -0.25) is 14.5 Å². The molecular weight excluding hydrogens is 220 g/mol. The largest absolute Gasteiger partial charge is 0.480 e. The van der Waals surface area contributed by atoms with Gasteiger partial charge in [0.1, 0.15) is 6.04 Å². The minimum Gasteiger partial charge on any atom is -0.480 e. The van der Waals surface area contributed by atoms with Gasteiger partial charge in [-0.1, -0.05) is 19.3 Å². The van der Waals surface area contributed by atoms with E-state index < -0.39 is 12.0 Å². The molecule has 2 rings (SSSR count). The van der Waals surface area contributed by atoms with Gasteiger partial charge in [0, 0.05) is 13.1 Å². The number of carbonyl (C=O) groups is 2. The predicted octanol–water partition coefficient (Wildman–Crippen LogP) is 0.452. The number of carbonyl (C=O) groups excluding carboxylic acids is 1. The van der Waals surface area contributed by atoms with Gasteiger partial charge in [0.05, 0.1) is 6.54 Å². The van der Waals surface area contributed by atoms with Crippen LogP contribution in [0.1, 0.15) is 32.1 Å². The summed E-state index contributed by atoms with van der Waals surface area (Å²) in [4.78, 5) is 24.6. The van der Waals surface area contributed by atoms with Crippen molar-refractivity contribution >= 4 is 11.9 Å². The van der Waals surface area contributed by atoms with Crippen LogP contribution in [0, 0.1) is 5.92 Å². The number of carboxylic acids is 1. The van der Waals surface area contributed by atoms with Crippen LogP contribution in [0.3, 0.4) is 0 Å². The van der Waals surface area contributed by atoms with Crippen LogP contribution in [-0.4, -0.2) is 47.6 Å². The van der Waals surface area contributed by atoms with Gasteiger partial charge in [0.25, 0.3) is 0 Å². The van der Waals surface area contributed by atoms with Crippen LogP contribution in [0.25, 0.3) is 0 Å². The summed E-state index contributed by atoms with van der Waals surface area (Å²) in [6, 6.07) is -0.471. The molecule has 1 amide bonds. The average Bonchev–Trinajstić information content (AvgIpc) is 2.30. The van der Waals surface area contributed by atoms with Gasteiger partial charge in [-0.25, -0.2) is 0 Å². The number of piperazine rings is 1. The lowest BCUT2D eigenvalue weighted by Crippen LogP contribution is -2.56. The fraction of sp³-hybridized carbons (Fsp3) is 0.833. The first kappa shape index (κ1) is 12.4. The molecule has 2 aliphatic rings. The molecule has 0 aromatic rings. The monoisotopic (exact) mass is 240 g/mol. The van der Waals surface area contributed by atoms with Crippen molar-refractivity contribution < 1.29 is 14.7 Å². The van der Waals surface area contributed by atoms with Gasteiger partial charge in [0.2, 0.25) is 5.91 Å². The second-order valence-corrected chi connectivity index (χ2v) is 5.00. The maximum absolute atomic E-state index is 11.4. The molecule has 0 aromatic heterocycles. The number of carboxylic acid groups (broad SMARTS) is 1. The van der Waals surface area contributed by atoms with Crippen molar-refractivity contribution in [3.8, 4) is 0 Å². The highest BCUT2D eigenvalue weighted by Crippen LogP contribution is 2.29. The number of aliphatic carboxylic acids is 1. The third-order valence-corrected chi connectivity index (χ3v) is 3.81. The molecular formula is C12H20N2O3. The van der Waals surface area contributed by atoms with Gasteiger partial charge in [-0.15, -0.1) is 0 Å². The Bertz CT molecular complexity index is 300. The second-order valence-electron chi connectivity index (χ2n) is 5.00. The Morgan fingerprint density at radius 1 is 1.35 bits per heavy atom. The quantitative estimate of drug-likeness (QED) is 0.751. The highest BCUT2D eigenvalue weighted by molar-refractivity contribution is 5.80. The zero-order chi connectivity index (χ0) is 12.3. The lowest BCUT2D eigenvalue weighted by atomic mass is 9.83. The van der Waals surface area contributed by atoms with E-state index in [1.165, 1.54) is 6.42 Å². The molecule has 1 aliphatic carbocycles. The molecule has 5 nitrogen and oxygen atoms in total. The Morgan fingerprint density at radius 3 is 2.65 bits per heavy atom. The average molecular weight is 240 g/mol. The standard InChI is InChI=1S/C12H20N2O3/c15-10-8-14(7-6-13-10)11(12(16)17)9-4-2-1-3-5-9/h9,11H,1-8H2,(H,13,15)(H,16,17). The van der Waals surface area contributed by atoms with E-state index in [0.29, 0.717) is 13.1 Å². The molecule has 2 N–H and O–H groups in total. The molecule has 0 bridgehead atoms. The van der Waals surface area contributed by atoms with E-state index in [1.807, 2.05) is 4.90 Å². The summed E-state index contributed by atoms with van der Waals surface area (Å²) in [5, 5.41) is 12.1. The Kier molecular flexibility index (Phi) is 3.99. The zero-order valence-corrected chi connectivity index (χ0v) is 10.0. The normalized spacial score (nSPS) is 25.3. The Balaban J connectivity index is 2.04. The van der Waals surface area contributed by atoms with Crippen LogP contribution in [0.2, 0.25) is 0 Å². The van der Waals surface area contributed by atoms with E-state index >= 15 is 0 Å². The van der Waals surface area contributed by atoms with Gasteiger partial charge in [0.15, 0.2) is 0 Å². The summed E-state index contributed by atoms with van der Waals surface area (Å²) in [6.45, 7) is 1.45. The summed E-state index contributed by atoms with van der Waals surface area (Å²) in [7, 11) is 0. The third-order valence-electron chi connectivity index (χ3n) is 3.81. The predicted molar refractivity (Wildman–Crippen MR) is 62.6 cm³/mol. The van der Waals surface area contributed by atoms with E-state index in [9.17, 15) is 14.7 Å². The van der Waals surface area contributed by atoms with Crippen molar-refractivity contribution in [3.63, 3.8) is 0 Å². The smallest absolute Gasteiger partial charge is 0.321 e. The molecule has 1 unspecified atom stereocenters. The Morgan fingerprint density at radius 2 is 2.06 bits per heavy atom. The molecule has 1 aliphatic heterocycles. The van der Waals surface area contributed by atoms with Gasteiger partial charge in [-0.05, 0) is 18.8 Å². The first-order chi connectivity index (χ1) is 8.18. The maximum atomic E-state index is 11.4. The number of rotatable bonds is 3. The van der Waals surface area contributed by atoms with Crippen LogP contribution in [0.15, 0.2) is 0 Å². The topological polar surface area (TPSA) is 69.6 Å². The van der Waals surface area contributed by atoms with Crippen LogP contribution in [0.5, 0.6) is 0 Å². The lowest BCUT2D eigenvalue weighted by molar-refractivity contribution is -0.147. The number of nitrogens with zero attached hydrogens (tertiary/aromatic N) is 1. The first-order valence-corrected chi connectivity index (χ1v) is 6.42. The zero-order valence-electron chi connectivity index (χ0n) is 10.0. The highest BCUT2D eigenvalue weighted by Gasteiger charge is 2.36. The van der Waals surface area contributed by atoms with E-state index in [2.05, 4.69) is 5.32 Å². The van der Waals surface area contributed by atoms with Crippen molar-refractivity contribution in [2.75, 3.05) is 19.6 Å². The van der Waals surface area contributed by atoms with E-state index in [1.54, 1.807) is 0 Å². The van der Waals surface area contributed by atoms with E-state index in [-0.39, 0.29) is 18.4 Å². The molecule has 0 spiro atoms. The minimum atomic E-state index is -0.772. The van der Waals surface area contributed by atoms with Crippen LogP contribution in [-0.2, 0) is 9.59 Å². The SMILES string of the molecule is O=C1CN(C(C(=O)O)C2CCCCC2)CCN1. The molecule has 5 heteroatoms. The molecule has 2 fully saturated rings. The Hall–Kier alpha value is -1.10. The summed E-state index contributed by atoms with van der Waals surface area (Å²) in [6.07, 6.45) is 5.41. The minimum absolute atomic E-state index is 0.0571. The molecule has 0 aromatic carbocycles. The van der Waals surface area contributed by atoms with Gasteiger partial charge in [-0.2, -0.15) is 0 Å². The summed E-state index contributed by atoms with van der Waals surface area (Å²) in [5.74, 6) is -0.614. The number of hydrogen-bond acceptors (Lipinski definition) is 3. The molecule has 1 heterocycles. The number of amides is 1. The third kappa shape index (κ3) is 2.97. The van der Waals surface area contributed by atoms with Gasteiger partial charge < -0.3 is 10.4 Å². The number of hydrogen-bond donors (Lipinski definition) is 2. The molecule has 1 saturated carbocycles. The fourth-order valence-corrected chi connectivity index (χ4v) is 3.00. The lowest BCUT2D eigenvalue weighted by Gasteiger charge is -2.37. The highest BCUT2D eigenvalue weighted by atomic mass is 16.4. The van der Waals surface area contributed by atoms with Gasteiger partial charge >= 0.3 is 5.97 Å². The van der Waals surface area contributed by atoms with Crippen LogP contribution >= 0.6 is 0 Å². The van der Waals surface area contributed by atoms with E-state index in [0.717, 1.165) is 25.7 Å². The fourth-order valence-electron chi connectivity index (χ4n) is 3.00. The maximum Gasteiger partial charge on any atom is 0.321 e. The van der Waals surface area contributed by atoms with Crippen LogP contribution in [0.4, 0.5) is 0 Å². The van der Waals surface area contributed by atoms with Crippen molar-refractivity contribution in [2.45, 2.75) is 38.1 Å². The number of nitrogens with one attached hydrogen (secondary N) is 1. The van der Waals surface area contributed by atoms with Crippen molar-refractivity contribution in [1.29, 1.82) is 0 Å². The molecule has 17 heavy (non-hydrogen) atoms. The Labute approximate surface area is 101 Å². The second kappa shape index (κ2) is 5.49.